The summed E-state index contributed by atoms with van der Waals surface area (Å²) in [5.74, 6) is 0. The zero-order valence-electron chi connectivity index (χ0n) is 11.8. The van der Waals surface area contributed by atoms with Crippen molar-refractivity contribution in [2.24, 2.45) is 0 Å². The molecule has 0 fully saturated rings. The maximum absolute atomic E-state index is 3.05. The SMILES string of the molecule is CCCCCCC[n+]1ccc(-c2cc[nH+]cc2)cc1. The number of aromatic amines is 1. The van der Waals surface area contributed by atoms with Gasteiger partial charge in [-0.05, 0) is 17.5 Å². The molecule has 0 aliphatic heterocycles. The maximum atomic E-state index is 3.05. The van der Waals surface area contributed by atoms with Crippen LogP contribution in [0.2, 0.25) is 0 Å². The second-order valence-electron chi connectivity index (χ2n) is 5.03. The Morgan fingerprint density at radius 3 is 2.16 bits per heavy atom. The second kappa shape index (κ2) is 7.67. The third kappa shape index (κ3) is 4.47. The number of nitrogens with one attached hydrogen (secondary N) is 1. The van der Waals surface area contributed by atoms with Gasteiger partial charge in [-0.2, -0.15) is 0 Å². The Kier molecular flexibility index (Phi) is 5.54. The highest BCUT2D eigenvalue weighted by molar-refractivity contribution is 5.60. The largest absolute Gasteiger partial charge is 0.218 e. The molecule has 0 bridgehead atoms. The fourth-order valence-electron chi connectivity index (χ4n) is 2.28. The van der Waals surface area contributed by atoms with Crippen LogP contribution in [-0.2, 0) is 6.54 Å². The molecule has 0 aliphatic carbocycles. The zero-order valence-corrected chi connectivity index (χ0v) is 11.8. The van der Waals surface area contributed by atoms with Gasteiger partial charge in [-0.25, -0.2) is 9.55 Å². The highest BCUT2D eigenvalue weighted by Gasteiger charge is 2.03. The number of unbranched alkanes of at least 4 members (excludes halogenated alkanes) is 4. The quantitative estimate of drug-likeness (QED) is 0.534. The number of rotatable bonds is 7. The molecule has 19 heavy (non-hydrogen) atoms. The van der Waals surface area contributed by atoms with Gasteiger partial charge in [-0.15, -0.1) is 0 Å². The molecular formula is C17H24N2+2. The topological polar surface area (TPSA) is 18.0 Å². The smallest absolute Gasteiger partial charge is 0.169 e. The van der Waals surface area contributed by atoms with Gasteiger partial charge in [0.25, 0.3) is 0 Å². The monoisotopic (exact) mass is 256 g/mol. The van der Waals surface area contributed by atoms with Gasteiger partial charge >= 0.3 is 0 Å². The second-order valence-corrected chi connectivity index (χ2v) is 5.03. The predicted octanol–water partition coefficient (Wildman–Crippen LogP) is 3.43. The number of hydrogen-bond donors (Lipinski definition) is 0. The lowest BCUT2D eigenvalue weighted by Crippen LogP contribution is -2.32. The third-order valence-corrected chi connectivity index (χ3v) is 3.46. The van der Waals surface area contributed by atoms with Crippen LogP contribution in [0.15, 0.2) is 49.1 Å². The van der Waals surface area contributed by atoms with E-state index in [1.807, 2.05) is 12.4 Å². The van der Waals surface area contributed by atoms with Crippen molar-refractivity contribution in [1.29, 1.82) is 0 Å². The fourth-order valence-corrected chi connectivity index (χ4v) is 2.28. The van der Waals surface area contributed by atoms with Crippen LogP contribution in [0.5, 0.6) is 0 Å². The van der Waals surface area contributed by atoms with E-state index in [0.29, 0.717) is 0 Å². The molecule has 2 aromatic heterocycles. The van der Waals surface area contributed by atoms with Gasteiger partial charge in [0, 0.05) is 30.7 Å². The minimum Gasteiger partial charge on any atom is -0.218 e. The Hall–Kier alpha value is -1.70. The molecule has 2 rings (SSSR count). The van der Waals surface area contributed by atoms with Crippen molar-refractivity contribution in [3.8, 4) is 11.1 Å². The molecular weight excluding hydrogens is 232 g/mol. The summed E-state index contributed by atoms with van der Waals surface area (Å²) >= 11 is 0. The summed E-state index contributed by atoms with van der Waals surface area (Å²) in [4.78, 5) is 3.05. The molecule has 0 saturated heterocycles. The van der Waals surface area contributed by atoms with E-state index >= 15 is 0 Å². The van der Waals surface area contributed by atoms with Gasteiger partial charge in [0.15, 0.2) is 24.8 Å². The van der Waals surface area contributed by atoms with Crippen molar-refractivity contribution in [2.75, 3.05) is 0 Å². The number of H-pyrrole nitrogens is 1. The van der Waals surface area contributed by atoms with Crippen molar-refractivity contribution in [3.05, 3.63) is 49.1 Å². The average molecular weight is 256 g/mol. The van der Waals surface area contributed by atoms with Gasteiger partial charge < -0.3 is 0 Å². The number of pyridine rings is 2. The van der Waals surface area contributed by atoms with Crippen molar-refractivity contribution >= 4 is 0 Å². The van der Waals surface area contributed by atoms with Gasteiger partial charge in [-0.1, -0.05) is 26.2 Å². The van der Waals surface area contributed by atoms with Crippen LogP contribution in [0, 0.1) is 0 Å². The molecule has 0 amide bonds. The normalized spacial score (nSPS) is 10.6. The van der Waals surface area contributed by atoms with E-state index in [9.17, 15) is 0 Å². The van der Waals surface area contributed by atoms with E-state index in [1.54, 1.807) is 0 Å². The molecule has 0 atom stereocenters. The molecule has 2 heterocycles. The first-order chi connectivity index (χ1) is 9.40. The standard InChI is InChI=1S/C17H23N2/c1-2-3-4-5-6-13-19-14-9-17(10-15-19)16-7-11-18-12-8-16/h7-12,14-15H,2-6,13H2,1H3/q+1/p+1. The molecule has 0 aromatic carbocycles. The average Bonchev–Trinajstić information content (AvgIpc) is 2.49. The highest BCUT2D eigenvalue weighted by atomic mass is 14.9. The highest BCUT2D eigenvalue weighted by Crippen LogP contribution is 2.15. The van der Waals surface area contributed by atoms with E-state index in [1.165, 1.54) is 43.2 Å². The molecule has 0 unspecified atom stereocenters. The van der Waals surface area contributed by atoms with Crippen LogP contribution in [0.3, 0.4) is 0 Å². The number of aryl methyl sites for hydroxylation is 1. The minimum atomic E-state index is 1.13. The summed E-state index contributed by atoms with van der Waals surface area (Å²) in [6.07, 6.45) is 15.0. The van der Waals surface area contributed by atoms with Gasteiger partial charge in [0.05, 0.1) is 0 Å². The first-order valence-corrected chi connectivity index (χ1v) is 7.36. The first kappa shape index (κ1) is 13.7. The van der Waals surface area contributed by atoms with E-state index in [2.05, 4.69) is 53.1 Å². The van der Waals surface area contributed by atoms with Crippen LogP contribution < -0.4 is 9.55 Å². The molecule has 100 valence electrons. The Labute approximate surface area is 116 Å². The third-order valence-electron chi connectivity index (χ3n) is 3.46. The Balaban J connectivity index is 1.85. The summed E-state index contributed by atoms with van der Waals surface area (Å²) in [5.41, 5.74) is 2.53. The molecule has 2 nitrogen and oxygen atoms in total. The minimum absolute atomic E-state index is 1.13. The number of aromatic nitrogens is 2. The van der Waals surface area contributed by atoms with E-state index in [0.717, 1.165) is 6.54 Å². The van der Waals surface area contributed by atoms with Crippen molar-refractivity contribution in [1.82, 2.24) is 0 Å². The molecule has 0 aliphatic rings. The van der Waals surface area contributed by atoms with Gasteiger partial charge in [-0.3, -0.25) is 0 Å². The number of hydrogen-bond acceptors (Lipinski definition) is 0. The van der Waals surface area contributed by atoms with Crippen LogP contribution in [-0.4, -0.2) is 0 Å². The first-order valence-electron chi connectivity index (χ1n) is 7.36. The van der Waals surface area contributed by atoms with Gasteiger partial charge in [0.2, 0.25) is 0 Å². The Morgan fingerprint density at radius 1 is 0.842 bits per heavy atom. The lowest BCUT2D eigenvalue weighted by molar-refractivity contribution is -0.697. The summed E-state index contributed by atoms with van der Waals surface area (Å²) in [5, 5.41) is 0. The molecule has 2 heteroatoms. The van der Waals surface area contributed by atoms with E-state index in [4.69, 9.17) is 0 Å². The molecule has 1 N–H and O–H groups in total. The molecule has 0 spiro atoms. The van der Waals surface area contributed by atoms with Crippen LogP contribution in [0.1, 0.15) is 39.0 Å². The van der Waals surface area contributed by atoms with Crippen molar-refractivity contribution < 1.29 is 9.55 Å². The lowest BCUT2D eigenvalue weighted by Gasteiger charge is -2.00. The van der Waals surface area contributed by atoms with Crippen LogP contribution in [0.4, 0.5) is 0 Å². The molecule has 0 saturated carbocycles. The summed E-state index contributed by atoms with van der Waals surface area (Å²) < 4.78 is 2.28. The fraction of sp³-hybridized carbons (Fsp3) is 0.412. The van der Waals surface area contributed by atoms with Crippen LogP contribution in [0.25, 0.3) is 11.1 Å². The lowest BCUT2D eigenvalue weighted by atomic mass is 10.1. The number of nitrogens with zero attached hydrogens (tertiary/aromatic N) is 1. The Morgan fingerprint density at radius 2 is 1.47 bits per heavy atom. The maximum Gasteiger partial charge on any atom is 0.169 e. The molecule has 0 radical (unpaired) electrons. The molecule has 2 aromatic rings. The predicted molar refractivity (Wildman–Crippen MR) is 77.4 cm³/mol. The zero-order chi connectivity index (χ0) is 13.3. The van der Waals surface area contributed by atoms with Gasteiger partial charge in [0.1, 0.15) is 6.54 Å². The van der Waals surface area contributed by atoms with E-state index in [-0.39, 0.29) is 0 Å². The summed E-state index contributed by atoms with van der Waals surface area (Å²) in [7, 11) is 0. The Bertz CT molecular complexity index is 462. The van der Waals surface area contributed by atoms with Crippen LogP contribution >= 0.6 is 0 Å². The summed E-state index contributed by atoms with van der Waals surface area (Å²) in [6.45, 7) is 3.39. The summed E-state index contributed by atoms with van der Waals surface area (Å²) in [6, 6.07) is 8.59. The van der Waals surface area contributed by atoms with Crippen molar-refractivity contribution in [2.45, 2.75) is 45.6 Å². The van der Waals surface area contributed by atoms with Crippen molar-refractivity contribution in [3.63, 3.8) is 0 Å². The van der Waals surface area contributed by atoms with E-state index < -0.39 is 0 Å².